The lowest BCUT2D eigenvalue weighted by molar-refractivity contribution is -0.275. The molecular formula is C25H22F3N5O3S. The topological polar surface area (TPSA) is 105 Å². The zero-order chi connectivity index (χ0) is 26.6. The maximum atomic E-state index is 12.7. The fraction of sp³-hybridized carbons (Fsp3) is 0.120. The predicted molar refractivity (Wildman–Crippen MR) is 135 cm³/mol. The molecule has 0 atom stereocenters. The van der Waals surface area contributed by atoms with E-state index in [4.69, 9.17) is 0 Å². The highest BCUT2D eigenvalue weighted by Gasteiger charge is 2.34. The number of ether oxygens (including phenoxy) is 1. The minimum atomic E-state index is -5.03. The molecule has 4 aromatic rings. The van der Waals surface area contributed by atoms with E-state index in [9.17, 15) is 21.6 Å². The van der Waals surface area contributed by atoms with E-state index >= 15 is 0 Å². The summed E-state index contributed by atoms with van der Waals surface area (Å²) in [4.78, 5) is 8.20. The van der Waals surface area contributed by atoms with Crippen molar-refractivity contribution in [3.05, 3.63) is 90.1 Å². The highest BCUT2D eigenvalue weighted by molar-refractivity contribution is 7.92. The monoisotopic (exact) mass is 529 g/mol. The summed E-state index contributed by atoms with van der Waals surface area (Å²) in [6, 6.07) is 20.1. The second-order valence-electron chi connectivity index (χ2n) is 8.01. The van der Waals surface area contributed by atoms with E-state index in [2.05, 4.69) is 30.1 Å². The van der Waals surface area contributed by atoms with E-state index in [0.29, 0.717) is 17.5 Å². The molecule has 0 aliphatic carbocycles. The maximum Gasteiger partial charge on any atom is 0.573 e. The van der Waals surface area contributed by atoms with Crippen LogP contribution in [0.5, 0.6) is 5.75 Å². The number of aryl methyl sites for hydroxylation is 2. The molecule has 3 aromatic carbocycles. The number of para-hydroxylation sites is 1. The summed E-state index contributed by atoms with van der Waals surface area (Å²) in [5, 5.41) is 6.27. The summed E-state index contributed by atoms with van der Waals surface area (Å²) in [6.07, 6.45) is -5.03. The number of benzene rings is 3. The highest BCUT2D eigenvalue weighted by Crippen LogP contribution is 2.31. The lowest BCUT2D eigenvalue weighted by atomic mass is 10.2. The summed E-state index contributed by atoms with van der Waals surface area (Å²) in [7, 11) is -4.36. The zero-order valence-electron chi connectivity index (χ0n) is 19.7. The van der Waals surface area contributed by atoms with Crippen molar-refractivity contribution in [2.45, 2.75) is 25.1 Å². The van der Waals surface area contributed by atoms with Gasteiger partial charge in [0.2, 0.25) is 5.95 Å². The van der Waals surface area contributed by atoms with Crippen molar-refractivity contribution in [1.82, 2.24) is 9.97 Å². The first-order valence-corrected chi connectivity index (χ1v) is 12.4. The lowest BCUT2D eigenvalue weighted by Crippen LogP contribution is -2.20. The van der Waals surface area contributed by atoms with Gasteiger partial charge in [-0.1, -0.05) is 29.8 Å². The summed E-state index contributed by atoms with van der Waals surface area (Å²) in [6.45, 7) is 3.82. The van der Waals surface area contributed by atoms with E-state index in [1.54, 1.807) is 18.2 Å². The van der Waals surface area contributed by atoms with Crippen LogP contribution in [0.25, 0.3) is 0 Å². The lowest BCUT2D eigenvalue weighted by Gasteiger charge is -2.15. The van der Waals surface area contributed by atoms with Crippen molar-refractivity contribution in [2.75, 3.05) is 15.4 Å². The van der Waals surface area contributed by atoms with Gasteiger partial charge in [-0.15, -0.1) is 13.2 Å². The molecule has 0 aliphatic rings. The fourth-order valence-corrected chi connectivity index (χ4v) is 4.50. The molecule has 0 saturated carbocycles. The summed E-state index contributed by atoms with van der Waals surface area (Å²) < 4.78 is 69.6. The molecule has 0 fully saturated rings. The predicted octanol–water partition coefficient (Wildman–Crippen LogP) is 6.28. The van der Waals surface area contributed by atoms with Crippen molar-refractivity contribution < 1.29 is 26.3 Å². The number of hydrogen-bond acceptors (Lipinski definition) is 7. The normalized spacial score (nSPS) is 11.6. The van der Waals surface area contributed by atoms with Crippen molar-refractivity contribution in [1.29, 1.82) is 0 Å². The standard InChI is InChI=1S/C25H22F3N5O3S/c1-16-7-9-19(10-8-16)31-24-29-17(2)15-23(32-24)30-18-11-13-20(14-12-18)33-37(34,35)22-6-4-3-5-21(22)36-25(26,27)28/h3-15,33H,1-2H3,(H2,29,30,31,32). The molecule has 1 aromatic heterocycles. The average molecular weight is 530 g/mol. The van der Waals surface area contributed by atoms with Gasteiger partial charge in [-0.2, -0.15) is 4.98 Å². The third-order valence-corrected chi connectivity index (χ3v) is 6.36. The number of nitrogens with one attached hydrogen (secondary N) is 3. The molecule has 0 bridgehead atoms. The number of sulfonamides is 1. The van der Waals surface area contributed by atoms with E-state index in [-0.39, 0.29) is 5.69 Å². The van der Waals surface area contributed by atoms with Crippen LogP contribution >= 0.6 is 0 Å². The van der Waals surface area contributed by atoms with Gasteiger partial charge < -0.3 is 15.4 Å². The molecule has 12 heteroatoms. The molecule has 0 unspecified atom stereocenters. The Bertz CT molecular complexity index is 1490. The second-order valence-corrected chi connectivity index (χ2v) is 9.66. The molecule has 37 heavy (non-hydrogen) atoms. The highest BCUT2D eigenvalue weighted by atomic mass is 32.2. The Morgan fingerprint density at radius 3 is 2.05 bits per heavy atom. The Morgan fingerprint density at radius 1 is 0.784 bits per heavy atom. The van der Waals surface area contributed by atoms with Gasteiger partial charge in [-0.05, 0) is 62.4 Å². The van der Waals surface area contributed by atoms with Crippen LogP contribution in [0.3, 0.4) is 0 Å². The number of aromatic nitrogens is 2. The van der Waals surface area contributed by atoms with Gasteiger partial charge >= 0.3 is 6.36 Å². The number of rotatable bonds is 8. The number of halogens is 3. The van der Waals surface area contributed by atoms with E-state index in [0.717, 1.165) is 29.1 Å². The molecular weight excluding hydrogens is 507 g/mol. The van der Waals surface area contributed by atoms with Crippen molar-refractivity contribution in [2.24, 2.45) is 0 Å². The molecule has 0 amide bonds. The molecule has 0 aliphatic heterocycles. The van der Waals surface area contributed by atoms with E-state index < -0.39 is 27.0 Å². The molecule has 8 nitrogen and oxygen atoms in total. The Labute approximate surface area is 211 Å². The zero-order valence-corrected chi connectivity index (χ0v) is 20.5. The number of hydrogen-bond donors (Lipinski definition) is 3. The van der Waals surface area contributed by atoms with Crippen molar-refractivity contribution in [3.63, 3.8) is 0 Å². The number of alkyl halides is 3. The summed E-state index contributed by atoms with van der Waals surface area (Å²) in [5.74, 6) is 0.0825. The quantitative estimate of drug-likeness (QED) is 0.247. The van der Waals surface area contributed by atoms with Crippen LogP contribution in [-0.2, 0) is 10.0 Å². The van der Waals surface area contributed by atoms with Gasteiger partial charge in [0.05, 0.1) is 0 Å². The van der Waals surface area contributed by atoms with Gasteiger partial charge in [0.1, 0.15) is 16.5 Å². The smallest absolute Gasteiger partial charge is 0.404 e. The molecule has 3 N–H and O–H groups in total. The minimum Gasteiger partial charge on any atom is -0.404 e. The fourth-order valence-electron chi connectivity index (χ4n) is 3.32. The van der Waals surface area contributed by atoms with Crippen LogP contribution in [0.15, 0.2) is 83.8 Å². The Morgan fingerprint density at radius 2 is 1.38 bits per heavy atom. The molecule has 1 heterocycles. The van der Waals surface area contributed by atoms with E-state index in [1.165, 1.54) is 24.3 Å². The van der Waals surface area contributed by atoms with Gasteiger partial charge in [-0.3, -0.25) is 4.72 Å². The second kappa shape index (κ2) is 10.3. The first-order valence-electron chi connectivity index (χ1n) is 10.9. The number of nitrogens with zero attached hydrogens (tertiary/aromatic N) is 2. The third-order valence-electron chi connectivity index (χ3n) is 4.94. The van der Waals surface area contributed by atoms with Crippen molar-refractivity contribution >= 4 is 38.9 Å². The summed E-state index contributed by atoms with van der Waals surface area (Å²) in [5.41, 5.74) is 3.43. The van der Waals surface area contributed by atoms with Crippen LogP contribution in [-0.4, -0.2) is 24.7 Å². The molecule has 0 saturated heterocycles. The van der Waals surface area contributed by atoms with Gasteiger partial charge in [0, 0.05) is 28.8 Å². The van der Waals surface area contributed by atoms with Crippen LogP contribution in [0, 0.1) is 13.8 Å². The number of anilines is 5. The maximum absolute atomic E-state index is 12.7. The van der Waals surface area contributed by atoms with Crippen LogP contribution in [0.1, 0.15) is 11.3 Å². The summed E-state index contributed by atoms with van der Waals surface area (Å²) >= 11 is 0. The van der Waals surface area contributed by atoms with Gasteiger partial charge in [-0.25, -0.2) is 13.4 Å². The van der Waals surface area contributed by atoms with Crippen molar-refractivity contribution in [3.8, 4) is 5.75 Å². The third kappa shape index (κ3) is 7.10. The van der Waals surface area contributed by atoms with Crippen LogP contribution in [0.2, 0.25) is 0 Å². The van der Waals surface area contributed by atoms with Gasteiger partial charge in [0.25, 0.3) is 10.0 Å². The van der Waals surface area contributed by atoms with E-state index in [1.807, 2.05) is 38.1 Å². The first-order chi connectivity index (χ1) is 17.5. The molecule has 4 rings (SSSR count). The average Bonchev–Trinajstić information content (AvgIpc) is 2.80. The minimum absolute atomic E-state index is 0.146. The Balaban J connectivity index is 1.47. The van der Waals surface area contributed by atoms with Gasteiger partial charge in [0.15, 0.2) is 0 Å². The molecule has 0 radical (unpaired) electrons. The first kappa shape index (κ1) is 25.8. The molecule has 192 valence electrons. The largest absolute Gasteiger partial charge is 0.573 e. The SMILES string of the molecule is Cc1ccc(Nc2nc(C)cc(Nc3ccc(NS(=O)(=O)c4ccccc4OC(F)(F)F)cc3)n2)cc1. The van der Waals surface area contributed by atoms with Crippen LogP contribution < -0.4 is 20.1 Å². The Kier molecular flexibility index (Phi) is 7.21. The Hall–Kier alpha value is -4.32. The molecule has 0 spiro atoms. The van der Waals surface area contributed by atoms with Crippen LogP contribution in [0.4, 0.5) is 42.0 Å².